The second kappa shape index (κ2) is 6.68. The van der Waals surface area contributed by atoms with E-state index in [1.54, 1.807) is 0 Å². The molecule has 0 aliphatic rings. The maximum Gasteiger partial charge on any atom is 0.150 e. The molecule has 20 heavy (non-hydrogen) atoms. The zero-order valence-electron chi connectivity index (χ0n) is 12.3. The topological polar surface area (TPSA) is 47.3 Å². The van der Waals surface area contributed by atoms with Crippen molar-refractivity contribution < 1.29 is 9.26 Å². The van der Waals surface area contributed by atoms with Crippen LogP contribution in [0.25, 0.3) is 0 Å². The van der Waals surface area contributed by atoms with Gasteiger partial charge in [0.15, 0.2) is 5.76 Å². The Balaban J connectivity index is 1.73. The third-order valence-corrected chi connectivity index (χ3v) is 2.99. The number of aryl methyl sites for hydroxylation is 1. The van der Waals surface area contributed by atoms with Crippen LogP contribution in [0.3, 0.4) is 0 Å². The Bertz CT molecular complexity index is 520. The lowest BCUT2D eigenvalue weighted by Gasteiger charge is -2.25. The number of nitrogens with zero attached hydrogens (tertiary/aromatic N) is 1. The first kappa shape index (κ1) is 14.8. The Morgan fingerprint density at radius 1 is 1.25 bits per heavy atom. The smallest absolute Gasteiger partial charge is 0.150 e. The van der Waals surface area contributed by atoms with Crippen molar-refractivity contribution in [2.75, 3.05) is 6.61 Å². The van der Waals surface area contributed by atoms with Gasteiger partial charge < -0.3 is 14.6 Å². The molecule has 1 aromatic heterocycles. The number of nitrogens with one attached hydrogen (secondary N) is 1. The molecule has 2 aromatic rings. The fourth-order valence-corrected chi connectivity index (χ4v) is 1.88. The number of benzene rings is 1. The standard InChI is InChI=1S/C16H22N2O2/c1-13-9-15(20-18-13)10-17-16(2,3)12-19-11-14-7-5-4-6-8-14/h4-9,17H,10-12H2,1-3H3. The van der Waals surface area contributed by atoms with Crippen molar-refractivity contribution in [2.45, 2.75) is 39.5 Å². The maximum absolute atomic E-state index is 5.77. The Labute approximate surface area is 120 Å². The molecule has 0 saturated heterocycles. The lowest BCUT2D eigenvalue weighted by Crippen LogP contribution is -2.42. The van der Waals surface area contributed by atoms with E-state index in [4.69, 9.17) is 9.26 Å². The Morgan fingerprint density at radius 3 is 2.65 bits per heavy atom. The van der Waals surface area contributed by atoms with E-state index in [0.717, 1.165) is 11.5 Å². The van der Waals surface area contributed by atoms with Crippen LogP contribution < -0.4 is 5.32 Å². The second-order valence-electron chi connectivity index (χ2n) is 5.65. The summed E-state index contributed by atoms with van der Waals surface area (Å²) in [6.45, 7) is 8.06. The minimum atomic E-state index is -0.116. The molecule has 0 atom stereocenters. The van der Waals surface area contributed by atoms with Gasteiger partial charge in [-0.1, -0.05) is 35.5 Å². The van der Waals surface area contributed by atoms with Gasteiger partial charge in [0.25, 0.3) is 0 Å². The van der Waals surface area contributed by atoms with Crippen molar-refractivity contribution >= 4 is 0 Å². The van der Waals surface area contributed by atoms with Crippen LogP contribution in [-0.2, 0) is 17.9 Å². The number of hydrogen-bond donors (Lipinski definition) is 1. The van der Waals surface area contributed by atoms with Crippen molar-refractivity contribution in [3.05, 3.63) is 53.4 Å². The summed E-state index contributed by atoms with van der Waals surface area (Å²) >= 11 is 0. The van der Waals surface area contributed by atoms with Crippen molar-refractivity contribution in [3.8, 4) is 0 Å². The van der Waals surface area contributed by atoms with Gasteiger partial charge in [0.2, 0.25) is 0 Å². The normalized spacial score (nSPS) is 11.8. The largest absolute Gasteiger partial charge is 0.375 e. The van der Waals surface area contributed by atoms with Crippen LogP contribution in [0.1, 0.15) is 30.9 Å². The molecule has 4 heteroatoms. The summed E-state index contributed by atoms with van der Waals surface area (Å²) in [6, 6.07) is 12.1. The van der Waals surface area contributed by atoms with Crippen LogP contribution in [0.4, 0.5) is 0 Å². The van der Waals surface area contributed by atoms with Gasteiger partial charge in [-0.3, -0.25) is 0 Å². The number of ether oxygens (including phenoxy) is 1. The molecule has 0 fully saturated rings. The van der Waals surface area contributed by atoms with Crippen molar-refractivity contribution in [3.63, 3.8) is 0 Å². The van der Waals surface area contributed by atoms with E-state index < -0.39 is 0 Å². The zero-order chi connectivity index (χ0) is 14.4. The van der Waals surface area contributed by atoms with E-state index in [-0.39, 0.29) is 5.54 Å². The number of rotatable bonds is 7. The monoisotopic (exact) mass is 274 g/mol. The molecule has 1 aromatic carbocycles. The van der Waals surface area contributed by atoms with Crippen molar-refractivity contribution in [1.82, 2.24) is 10.5 Å². The van der Waals surface area contributed by atoms with E-state index in [2.05, 4.69) is 36.5 Å². The molecule has 0 amide bonds. The summed E-state index contributed by atoms with van der Waals surface area (Å²) in [7, 11) is 0. The lowest BCUT2D eigenvalue weighted by atomic mass is 10.1. The molecule has 4 nitrogen and oxygen atoms in total. The van der Waals surface area contributed by atoms with Gasteiger partial charge in [0.05, 0.1) is 25.5 Å². The summed E-state index contributed by atoms with van der Waals surface area (Å²) in [5.41, 5.74) is 1.98. The van der Waals surface area contributed by atoms with Crippen molar-refractivity contribution in [1.29, 1.82) is 0 Å². The van der Waals surface area contributed by atoms with Crippen LogP contribution in [0.2, 0.25) is 0 Å². The summed E-state index contributed by atoms with van der Waals surface area (Å²) in [5.74, 6) is 0.846. The fraction of sp³-hybridized carbons (Fsp3) is 0.438. The maximum atomic E-state index is 5.77. The Hall–Kier alpha value is -1.65. The summed E-state index contributed by atoms with van der Waals surface area (Å²) in [5, 5.41) is 7.29. The highest BCUT2D eigenvalue weighted by Crippen LogP contribution is 2.09. The van der Waals surface area contributed by atoms with Crippen LogP contribution in [-0.4, -0.2) is 17.3 Å². The van der Waals surface area contributed by atoms with Gasteiger partial charge in [-0.25, -0.2) is 0 Å². The van der Waals surface area contributed by atoms with Crippen LogP contribution in [0.15, 0.2) is 40.9 Å². The SMILES string of the molecule is Cc1cc(CNC(C)(C)COCc2ccccc2)on1. The molecule has 0 aliphatic heterocycles. The molecule has 0 radical (unpaired) electrons. The molecular weight excluding hydrogens is 252 g/mol. The zero-order valence-corrected chi connectivity index (χ0v) is 12.3. The molecule has 1 N–H and O–H groups in total. The van der Waals surface area contributed by atoms with E-state index in [1.807, 2.05) is 31.2 Å². The molecule has 0 unspecified atom stereocenters. The van der Waals surface area contributed by atoms with Gasteiger partial charge in [-0.15, -0.1) is 0 Å². The first-order chi connectivity index (χ1) is 9.55. The average molecular weight is 274 g/mol. The molecule has 108 valence electrons. The molecule has 2 rings (SSSR count). The highest BCUT2D eigenvalue weighted by atomic mass is 16.5. The third-order valence-electron chi connectivity index (χ3n) is 2.99. The molecule has 1 heterocycles. The summed E-state index contributed by atoms with van der Waals surface area (Å²) < 4.78 is 10.9. The third kappa shape index (κ3) is 4.79. The van der Waals surface area contributed by atoms with E-state index in [1.165, 1.54) is 5.56 Å². The van der Waals surface area contributed by atoms with Crippen LogP contribution in [0.5, 0.6) is 0 Å². The second-order valence-corrected chi connectivity index (χ2v) is 5.65. The molecule has 0 saturated carbocycles. The fourth-order valence-electron chi connectivity index (χ4n) is 1.88. The van der Waals surface area contributed by atoms with Gasteiger partial charge >= 0.3 is 0 Å². The summed E-state index contributed by atoms with van der Waals surface area (Å²) in [6.07, 6.45) is 0. The highest BCUT2D eigenvalue weighted by Gasteiger charge is 2.18. The Morgan fingerprint density at radius 2 is 2.00 bits per heavy atom. The van der Waals surface area contributed by atoms with E-state index >= 15 is 0 Å². The van der Waals surface area contributed by atoms with Gasteiger partial charge in [-0.2, -0.15) is 0 Å². The quantitative estimate of drug-likeness (QED) is 0.843. The molecule has 0 aliphatic carbocycles. The predicted molar refractivity (Wildman–Crippen MR) is 78.3 cm³/mol. The first-order valence-electron chi connectivity index (χ1n) is 6.84. The lowest BCUT2D eigenvalue weighted by molar-refractivity contribution is 0.0693. The van der Waals surface area contributed by atoms with Gasteiger partial charge in [0, 0.05) is 11.6 Å². The van der Waals surface area contributed by atoms with E-state index in [9.17, 15) is 0 Å². The van der Waals surface area contributed by atoms with Crippen LogP contribution in [0, 0.1) is 6.92 Å². The minimum absolute atomic E-state index is 0.116. The first-order valence-corrected chi connectivity index (χ1v) is 6.84. The molecule has 0 bridgehead atoms. The summed E-state index contributed by atoms with van der Waals surface area (Å²) in [4.78, 5) is 0. The minimum Gasteiger partial charge on any atom is -0.375 e. The Kier molecular flexibility index (Phi) is 4.93. The molecule has 0 spiro atoms. The molecular formula is C16H22N2O2. The van der Waals surface area contributed by atoms with E-state index in [0.29, 0.717) is 19.8 Å². The van der Waals surface area contributed by atoms with Crippen molar-refractivity contribution in [2.24, 2.45) is 0 Å². The number of aromatic nitrogens is 1. The number of hydrogen-bond acceptors (Lipinski definition) is 4. The highest BCUT2D eigenvalue weighted by molar-refractivity contribution is 5.13. The van der Waals surface area contributed by atoms with Crippen LogP contribution >= 0.6 is 0 Å². The predicted octanol–water partition coefficient (Wildman–Crippen LogP) is 3.07. The van der Waals surface area contributed by atoms with Gasteiger partial charge in [-0.05, 0) is 26.3 Å². The average Bonchev–Trinajstić information content (AvgIpc) is 2.84. The van der Waals surface area contributed by atoms with Gasteiger partial charge in [0.1, 0.15) is 0 Å².